The molecular weight excluding hydrogens is 292 g/mol. The zero-order valence-corrected chi connectivity index (χ0v) is 13.8. The van der Waals surface area contributed by atoms with E-state index in [1.165, 1.54) is 5.56 Å². The topological polar surface area (TPSA) is 33.0 Å². The van der Waals surface area contributed by atoms with Crippen LogP contribution >= 0.6 is 12.2 Å². The van der Waals surface area contributed by atoms with Crippen molar-refractivity contribution in [1.29, 1.82) is 0 Å². The summed E-state index contributed by atoms with van der Waals surface area (Å²) in [7, 11) is 0. The highest BCUT2D eigenvalue weighted by Crippen LogP contribution is 2.12. The highest BCUT2D eigenvalue weighted by molar-refractivity contribution is 7.80. The van der Waals surface area contributed by atoms with Crippen LogP contribution < -0.4 is 9.88 Å². The van der Waals surface area contributed by atoms with Crippen LogP contribution in [-0.2, 0) is 6.42 Å². The maximum atomic E-state index is 12.9. The van der Waals surface area contributed by atoms with Crippen LogP contribution in [0.3, 0.4) is 0 Å². The molecule has 0 aliphatic carbocycles. The largest absolute Gasteiger partial charge is 0.374 e. The maximum absolute atomic E-state index is 12.9. The maximum Gasteiger partial charge on any atom is 0.270 e. The summed E-state index contributed by atoms with van der Waals surface area (Å²) in [5.41, 5.74) is 1.90. The van der Waals surface area contributed by atoms with Crippen LogP contribution in [-0.4, -0.2) is 17.3 Å². The molecule has 2 rings (SSSR count). The minimum absolute atomic E-state index is 0.00445. The molecule has 0 fully saturated rings. The van der Waals surface area contributed by atoms with Gasteiger partial charge in [-0.05, 0) is 18.9 Å². The van der Waals surface area contributed by atoms with Crippen LogP contribution in [0.5, 0.6) is 0 Å². The number of aromatic nitrogens is 1. The lowest BCUT2D eigenvalue weighted by Gasteiger charge is -2.14. The number of hydrogen-bond acceptors (Lipinski definition) is 2. The number of hydrogen-bond donors (Lipinski definition) is 1. The fourth-order valence-corrected chi connectivity index (χ4v) is 2.68. The first kappa shape index (κ1) is 16.3. The van der Waals surface area contributed by atoms with Crippen LogP contribution in [0.15, 0.2) is 54.9 Å². The standard InChI is InChI=1S/C18H20N2OS/c1-3-14-8-10-15(11-9-14)17(21)16(18(22)19-4-2)20-12-6-5-7-13-20/h5-13,16H,3-4H2,1-2H3/p+1/t16-/m1/s1. The van der Waals surface area contributed by atoms with Crippen molar-refractivity contribution in [2.24, 2.45) is 0 Å². The van der Waals surface area contributed by atoms with Gasteiger partial charge in [0, 0.05) is 24.2 Å². The third-order valence-corrected chi connectivity index (χ3v) is 3.90. The van der Waals surface area contributed by atoms with Crippen molar-refractivity contribution < 1.29 is 9.36 Å². The van der Waals surface area contributed by atoms with E-state index in [-0.39, 0.29) is 5.78 Å². The molecule has 22 heavy (non-hydrogen) atoms. The molecule has 1 atom stereocenters. The summed E-state index contributed by atoms with van der Waals surface area (Å²) >= 11 is 5.43. The average molecular weight is 313 g/mol. The van der Waals surface area contributed by atoms with Crippen molar-refractivity contribution in [1.82, 2.24) is 5.32 Å². The Kier molecular flexibility index (Phi) is 5.78. The third-order valence-electron chi connectivity index (χ3n) is 3.53. The molecule has 3 nitrogen and oxygen atoms in total. The molecule has 1 heterocycles. The summed E-state index contributed by atoms with van der Waals surface area (Å²) in [6, 6.07) is 13.0. The highest BCUT2D eigenvalue weighted by Gasteiger charge is 2.32. The number of nitrogens with one attached hydrogen (secondary N) is 1. The van der Waals surface area contributed by atoms with Crippen LogP contribution in [0.2, 0.25) is 0 Å². The number of nitrogens with zero attached hydrogens (tertiary/aromatic N) is 1. The molecule has 1 aromatic carbocycles. The normalized spacial score (nSPS) is 11.7. The number of carbonyl (C=O) groups is 1. The minimum Gasteiger partial charge on any atom is -0.374 e. The van der Waals surface area contributed by atoms with Crippen molar-refractivity contribution in [3.63, 3.8) is 0 Å². The van der Waals surface area contributed by atoms with Gasteiger partial charge in [-0.1, -0.05) is 49.5 Å². The Morgan fingerprint density at radius 1 is 1.14 bits per heavy atom. The number of rotatable bonds is 6. The Morgan fingerprint density at radius 3 is 2.32 bits per heavy atom. The van der Waals surface area contributed by atoms with Gasteiger partial charge in [0.15, 0.2) is 17.4 Å². The Morgan fingerprint density at radius 2 is 1.77 bits per heavy atom. The third kappa shape index (κ3) is 3.77. The van der Waals surface area contributed by atoms with Crippen molar-refractivity contribution in [2.45, 2.75) is 26.3 Å². The first-order valence-electron chi connectivity index (χ1n) is 7.54. The molecule has 0 unspecified atom stereocenters. The molecular formula is C18H21N2OS+. The number of thiocarbonyl (C=S) groups is 1. The molecule has 4 heteroatoms. The SMILES string of the molecule is CCNC(=S)[C@@H](C(=O)c1ccc(CC)cc1)[n+]1ccccc1. The molecule has 0 aliphatic heterocycles. The summed E-state index contributed by atoms with van der Waals surface area (Å²) in [6.45, 7) is 4.77. The second-order valence-electron chi connectivity index (χ2n) is 5.03. The Bertz CT molecular complexity index is 638. The number of pyridine rings is 1. The zero-order valence-electron chi connectivity index (χ0n) is 13.0. The lowest BCUT2D eigenvalue weighted by molar-refractivity contribution is -0.692. The van der Waals surface area contributed by atoms with Crippen LogP contribution in [0.25, 0.3) is 0 Å². The summed E-state index contributed by atoms with van der Waals surface area (Å²) in [5.74, 6) is 0.00445. The van der Waals surface area contributed by atoms with Gasteiger partial charge in [0.25, 0.3) is 6.04 Å². The van der Waals surface area contributed by atoms with E-state index < -0.39 is 6.04 Å². The van der Waals surface area contributed by atoms with Gasteiger partial charge in [-0.15, -0.1) is 0 Å². The summed E-state index contributed by atoms with van der Waals surface area (Å²) < 4.78 is 1.85. The second kappa shape index (κ2) is 7.80. The van der Waals surface area contributed by atoms with E-state index in [1.54, 1.807) is 0 Å². The lowest BCUT2D eigenvalue weighted by Crippen LogP contribution is -2.51. The highest BCUT2D eigenvalue weighted by atomic mass is 32.1. The van der Waals surface area contributed by atoms with Crippen molar-refractivity contribution in [2.75, 3.05) is 6.54 Å². The van der Waals surface area contributed by atoms with Gasteiger partial charge >= 0.3 is 0 Å². The molecule has 0 spiro atoms. The van der Waals surface area contributed by atoms with Crippen molar-refractivity contribution in [3.05, 3.63) is 66.0 Å². The Labute approximate surface area is 137 Å². The number of Topliss-reactive ketones (excluding diaryl/α,β-unsaturated/α-hetero) is 1. The quantitative estimate of drug-likeness (QED) is 0.506. The molecule has 0 saturated heterocycles. The van der Waals surface area contributed by atoms with Gasteiger partial charge in [-0.25, -0.2) is 0 Å². The first-order chi connectivity index (χ1) is 10.7. The van der Waals surface area contributed by atoms with Crippen LogP contribution in [0, 0.1) is 0 Å². The molecule has 0 bridgehead atoms. The smallest absolute Gasteiger partial charge is 0.270 e. The van der Waals surface area contributed by atoms with E-state index in [2.05, 4.69) is 12.2 Å². The number of aryl methyl sites for hydroxylation is 1. The van der Waals surface area contributed by atoms with Gasteiger partial charge in [-0.2, -0.15) is 4.57 Å². The van der Waals surface area contributed by atoms with E-state index in [9.17, 15) is 4.79 Å². The molecule has 0 aliphatic rings. The molecule has 0 amide bonds. The molecule has 114 valence electrons. The minimum atomic E-state index is -0.511. The molecule has 1 aromatic heterocycles. The predicted octanol–water partition coefficient (Wildman–Crippen LogP) is 2.90. The van der Waals surface area contributed by atoms with Crippen LogP contribution in [0.1, 0.15) is 35.8 Å². The number of carbonyl (C=O) groups excluding carboxylic acids is 1. The predicted molar refractivity (Wildman–Crippen MR) is 92.1 cm³/mol. The first-order valence-corrected chi connectivity index (χ1v) is 7.94. The number of ketones is 1. The molecule has 2 aromatic rings. The van der Waals surface area contributed by atoms with Crippen LogP contribution in [0.4, 0.5) is 0 Å². The summed E-state index contributed by atoms with van der Waals surface area (Å²) in [6.07, 6.45) is 4.69. The van der Waals surface area contributed by atoms with Crippen molar-refractivity contribution >= 4 is 23.0 Å². The average Bonchev–Trinajstić information content (AvgIpc) is 2.56. The summed E-state index contributed by atoms with van der Waals surface area (Å²) in [5, 5.41) is 3.11. The summed E-state index contributed by atoms with van der Waals surface area (Å²) in [4.78, 5) is 13.5. The van der Waals surface area contributed by atoms with Gasteiger partial charge < -0.3 is 5.32 Å². The van der Waals surface area contributed by atoms with Gasteiger partial charge in [0.2, 0.25) is 5.78 Å². The fourth-order valence-electron chi connectivity index (χ4n) is 2.31. The van der Waals surface area contributed by atoms with Gasteiger partial charge in [0.1, 0.15) is 0 Å². The number of benzene rings is 1. The molecule has 0 saturated carbocycles. The van der Waals surface area contributed by atoms with E-state index in [1.807, 2.05) is 66.3 Å². The van der Waals surface area contributed by atoms with E-state index in [0.29, 0.717) is 17.1 Å². The second-order valence-corrected chi connectivity index (χ2v) is 5.47. The monoisotopic (exact) mass is 313 g/mol. The van der Waals surface area contributed by atoms with E-state index in [4.69, 9.17) is 12.2 Å². The van der Waals surface area contributed by atoms with Gasteiger partial charge in [0.05, 0.1) is 0 Å². The Balaban J connectivity index is 2.35. The number of likely N-dealkylation sites (N-methyl/N-ethyl adjacent to an activating group) is 1. The fraction of sp³-hybridized carbons (Fsp3) is 0.278. The molecule has 0 radical (unpaired) electrons. The van der Waals surface area contributed by atoms with Gasteiger partial charge in [-0.3, -0.25) is 4.79 Å². The van der Waals surface area contributed by atoms with E-state index in [0.717, 1.165) is 6.42 Å². The zero-order chi connectivity index (χ0) is 15.9. The lowest BCUT2D eigenvalue weighted by atomic mass is 10.0. The van der Waals surface area contributed by atoms with E-state index >= 15 is 0 Å². The van der Waals surface area contributed by atoms with Crippen molar-refractivity contribution in [3.8, 4) is 0 Å². The molecule has 1 N–H and O–H groups in total. The Hall–Kier alpha value is -2.07.